The van der Waals surface area contributed by atoms with Gasteiger partial charge in [-0.25, -0.2) is 4.79 Å². The maximum Gasteiger partial charge on any atom is 0.327 e. The van der Waals surface area contributed by atoms with Gasteiger partial charge >= 0.3 is 5.97 Å². The molecule has 0 unspecified atom stereocenters. The average molecular weight is 1180 g/mol. The molecule has 0 aromatic carbocycles. The molecule has 0 aromatic heterocycles. The number of aliphatic hydroxyl groups excluding tert-OH is 1. The van der Waals surface area contributed by atoms with Crippen LogP contribution in [0.3, 0.4) is 0 Å². The molecule has 15 N–H and O–H groups in total. The number of nitrogens with one attached hydrogen (secondary N) is 9. The fourth-order valence-electron chi connectivity index (χ4n) is 8.73. The molecule has 0 radical (unpaired) electrons. The Morgan fingerprint density at radius 1 is 0.590 bits per heavy atom. The maximum absolute atomic E-state index is 14.5. The number of fused-ring (bicyclic) bond motifs is 10. The number of amides is 12. The Morgan fingerprint density at radius 2 is 1.08 bits per heavy atom. The summed E-state index contributed by atoms with van der Waals surface area (Å²) in [5.41, 5.74) is 11.0. The van der Waals surface area contributed by atoms with Crippen molar-refractivity contribution >= 4 is 120 Å². The molecule has 32 heteroatoms. The molecule has 4 saturated heterocycles. The van der Waals surface area contributed by atoms with Gasteiger partial charge in [0, 0.05) is 36.1 Å². The van der Waals surface area contributed by atoms with E-state index < -0.39 is 174 Å². The summed E-state index contributed by atoms with van der Waals surface area (Å²) in [6.07, 6.45) is 0.397. The zero-order valence-electron chi connectivity index (χ0n) is 44.0. The second-order valence-electron chi connectivity index (χ2n) is 20.0. The fourth-order valence-corrected chi connectivity index (χ4v) is 13.4. The molecule has 0 saturated carbocycles. The van der Waals surface area contributed by atoms with Crippen molar-refractivity contribution in [3.8, 4) is 0 Å². The Morgan fingerprint density at radius 3 is 1.65 bits per heavy atom. The molecule has 78 heavy (non-hydrogen) atoms. The van der Waals surface area contributed by atoms with E-state index in [9.17, 15) is 72.5 Å². The smallest absolute Gasteiger partial charge is 0.327 e. The topological polar surface area (TPSA) is 429 Å². The van der Waals surface area contributed by atoms with Crippen LogP contribution >= 0.6 is 43.2 Å². The third-order valence-corrected chi connectivity index (χ3v) is 17.6. The second kappa shape index (κ2) is 31.3. The second-order valence-corrected chi connectivity index (χ2v) is 25.1. The minimum absolute atomic E-state index is 0.0276. The molecular weight excluding hydrogens is 1100 g/mol. The van der Waals surface area contributed by atoms with E-state index in [1.807, 2.05) is 0 Å². The van der Waals surface area contributed by atoms with Crippen molar-refractivity contribution in [2.75, 3.05) is 49.3 Å². The molecule has 0 spiro atoms. The summed E-state index contributed by atoms with van der Waals surface area (Å²) in [5.74, 6) is -14.1. The number of aliphatic carboxylic acids is 1. The highest BCUT2D eigenvalue weighted by Crippen LogP contribution is 2.29. The lowest BCUT2D eigenvalue weighted by atomic mass is 10.0. The number of carboxylic acids is 1. The summed E-state index contributed by atoms with van der Waals surface area (Å²) >= 11 is 0. The summed E-state index contributed by atoms with van der Waals surface area (Å²) < 4.78 is 0. The fraction of sp³-hybridized carbons (Fsp3) is 0.717. The van der Waals surface area contributed by atoms with Gasteiger partial charge in [-0.3, -0.25) is 57.5 Å². The van der Waals surface area contributed by atoms with E-state index in [-0.39, 0.29) is 62.1 Å². The molecule has 4 aliphatic heterocycles. The van der Waals surface area contributed by atoms with E-state index in [0.717, 1.165) is 43.2 Å². The first kappa shape index (κ1) is 65.0. The van der Waals surface area contributed by atoms with E-state index in [4.69, 9.17) is 11.5 Å². The first-order chi connectivity index (χ1) is 36.8. The number of carbonyl (C=O) groups excluding carboxylic acids is 12. The monoisotopic (exact) mass is 1180 g/mol. The van der Waals surface area contributed by atoms with Crippen LogP contribution in [0.4, 0.5) is 0 Å². The van der Waals surface area contributed by atoms with Crippen LogP contribution in [0.25, 0.3) is 0 Å². The third kappa shape index (κ3) is 19.4. The van der Waals surface area contributed by atoms with Crippen molar-refractivity contribution in [2.45, 2.75) is 146 Å². The number of primary amides is 1. The Bertz CT molecular complexity index is 2250. The van der Waals surface area contributed by atoms with Crippen LogP contribution in [0, 0.1) is 11.8 Å². The predicted octanol–water partition coefficient (Wildman–Crippen LogP) is -4.86. The predicted molar refractivity (Wildman–Crippen MR) is 289 cm³/mol. The van der Waals surface area contributed by atoms with Crippen LogP contribution in [0.2, 0.25) is 0 Å². The maximum atomic E-state index is 14.5. The first-order valence-electron chi connectivity index (χ1n) is 25.5. The molecule has 4 rings (SSSR count). The van der Waals surface area contributed by atoms with Gasteiger partial charge in [0.05, 0.1) is 19.6 Å². The highest BCUT2D eigenvalue weighted by molar-refractivity contribution is 8.77. The van der Waals surface area contributed by atoms with Crippen molar-refractivity contribution in [1.82, 2.24) is 57.7 Å². The lowest BCUT2D eigenvalue weighted by Gasteiger charge is -2.34. The van der Waals surface area contributed by atoms with Gasteiger partial charge in [0.15, 0.2) is 0 Å². The molecule has 11 atom stereocenters. The van der Waals surface area contributed by atoms with Crippen LogP contribution < -0.4 is 59.3 Å². The number of aliphatic hydroxyl groups is 1. The van der Waals surface area contributed by atoms with Gasteiger partial charge in [0.2, 0.25) is 70.9 Å². The van der Waals surface area contributed by atoms with Crippen molar-refractivity contribution in [3.63, 3.8) is 0 Å². The van der Waals surface area contributed by atoms with E-state index >= 15 is 0 Å². The van der Waals surface area contributed by atoms with E-state index in [0.29, 0.717) is 12.8 Å². The van der Waals surface area contributed by atoms with Crippen molar-refractivity contribution < 1.29 is 72.5 Å². The summed E-state index contributed by atoms with van der Waals surface area (Å²) in [5, 5.41) is 43.1. The summed E-state index contributed by atoms with van der Waals surface area (Å²) in [6, 6.07) is -15.9. The van der Waals surface area contributed by atoms with Gasteiger partial charge < -0.3 is 79.3 Å². The van der Waals surface area contributed by atoms with E-state index in [1.54, 1.807) is 27.7 Å². The number of hydrogen-bond donors (Lipinski definition) is 13. The zero-order chi connectivity index (χ0) is 58.0. The van der Waals surface area contributed by atoms with Crippen LogP contribution in [0.1, 0.15) is 79.6 Å². The Kier molecular flexibility index (Phi) is 26.0. The number of nitrogens with two attached hydrogens (primary N) is 2. The van der Waals surface area contributed by atoms with Crippen molar-refractivity contribution in [3.05, 3.63) is 0 Å². The SMILES string of the molecule is CC(C)C[C@@H]1NC(=O)[C@H](C)NC(=O)[C@@H]2CSSC[C@H](NC(=O)CN)C(=O)N[C@@H](CSSC[C@@H](C(=O)O)NC(=O)[C@H](CC(N)=O)NC1=O)C(=O)N[C@@H](CO)C(=O)N[C@@H](CC(C)C)C(=O)N1CCC[C@H]1C(=O)N1CCC[C@H]1C(=O)N2. The van der Waals surface area contributed by atoms with Crippen LogP contribution in [0.15, 0.2) is 0 Å². The van der Waals surface area contributed by atoms with Gasteiger partial charge in [0.25, 0.3) is 0 Å². The van der Waals surface area contributed by atoms with E-state index in [2.05, 4.69) is 47.9 Å². The standard InChI is InChI=1S/C46H73N13O15S4/c1-21(2)12-24-37(64)52-25(14-34(48)61)38(65)57-31(46(73)74)20-78-77-19-30-42(69)54-27(16-60)39(66)53-26(13-22(3)4)44(71)59-11-7-9-33(59)45(72)58-10-6-8-32(58)43(70)56-29(40(67)49-23(5)36(63)51-24)18-76-75-17-28(41(68)55-30)50-35(62)15-47/h21-33,60H,6-20,47H2,1-5H3,(H2,48,61)(H,49,67)(H,50,62)(H,51,63)(H,52,64)(H,53,66)(H,54,69)(H,55,68)(H,56,70)(H,57,65)(H,73,74)/t23-,24-,25-,26-,27-,28-,29-,30-,31-,32-,33-/m0/s1. The van der Waals surface area contributed by atoms with Crippen molar-refractivity contribution in [2.24, 2.45) is 23.3 Å². The largest absolute Gasteiger partial charge is 0.480 e. The number of carbonyl (C=O) groups is 13. The Hall–Kier alpha value is -5.57. The molecule has 4 fully saturated rings. The molecule has 28 nitrogen and oxygen atoms in total. The van der Waals surface area contributed by atoms with Crippen molar-refractivity contribution in [1.29, 1.82) is 0 Å². The van der Waals surface area contributed by atoms with Gasteiger partial charge in [-0.1, -0.05) is 70.9 Å². The number of carboxylic acid groups (broad SMARTS) is 1. The van der Waals surface area contributed by atoms with Gasteiger partial charge in [0.1, 0.15) is 66.5 Å². The number of nitrogens with zero attached hydrogens (tertiary/aromatic N) is 2. The lowest BCUT2D eigenvalue weighted by Crippen LogP contribution is -2.61. The minimum Gasteiger partial charge on any atom is -0.480 e. The highest BCUT2D eigenvalue weighted by atomic mass is 33.1. The molecule has 0 aromatic rings. The number of rotatable bonds is 10. The minimum atomic E-state index is -1.75. The summed E-state index contributed by atoms with van der Waals surface area (Å²) in [4.78, 5) is 181. The van der Waals surface area contributed by atoms with Gasteiger partial charge in [-0.2, -0.15) is 0 Å². The summed E-state index contributed by atoms with van der Waals surface area (Å²) in [7, 11) is 3.53. The van der Waals surface area contributed by atoms with Gasteiger partial charge in [-0.05, 0) is 57.3 Å². The molecule has 4 aliphatic rings. The zero-order valence-corrected chi connectivity index (χ0v) is 47.3. The van der Waals surface area contributed by atoms with Crippen LogP contribution in [-0.4, -0.2) is 213 Å². The van der Waals surface area contributed by atoms with Crippen LogP contribution in [-0.2, 0) is 62.3 Å². The average Bonchev–Trinajstić information content (AvgIpc) is 4.08. The molecule has 4 heterocycles. The Balaban J connectivity index is 1.87. The van der Waals surface area contributed by atoms with Crippen LogP contribution in [0.5, 0.6) is 0 Å². The molecular formula is C46H73N13O15S4. The normalized spacial score (nSPS) is 29.6. The highest BCUT2D eigenvalue weighted by Gasteiger charge is 2.45. The molecule has 2 bridgehead atoms. The van der Waals surface area contributed by atoms with E-state index in [1.165, 1.54) is 16.7 Å². The first-order valence-corrected chi connectivity index (χ1v) is 30.5. The molecule has 0 aliphatic carbocycles. The Labute approximate surface area is 466 Å². The summed E-state index contributed by atoms with van der Waals surface area (Å²) in [6.45, 7) is 6.99. The number of hydrogen-bond acceptors (Lipinski definition) is 19. The van der Waals surface area contributed by atoms with Gasteiger partial charge in [-0.15, -0.1) is 0 Å². The lowest BCUT2D eigenvalue weighted by molar-refractivity contribution is -0.148. The third-order valence-electron chi connectivity index (χ3n) is 12.8. The quantitative estimate of drug-likeness (QED) is 0.0913. The molecule has 436 valence electrons. The molecule has 12 amide bonds.